The highest BCUT2D eigenvalue weighted by atomic mass is 15.3. The lowest BCUT2D eigenvalue weighted by Crippen LogP contribution is -2.29. The van der Waals surface area contributed by atoms with Crippen molar-refractivity contribution in [1.82, 2.24) is 20.1 Å². The third kappa shape index (κ3) is 1.72. The molecule has 0 spiro atoms. The first-order valence-electron chi connectivity index (χ1n) is 5.03. The van der Waals surface area contributed by atoms with E-state index in [0.29, 0.717) is 6.04 Å². The summed E-state index contributed by atoms with van der Waals surface area (Å²) in [6, 6.07) is 0.427. The number of rotatable bonds is 2. The van der Waals surface area contributed by atoms with Gasteiger partial charge in [0, 0.05) is 6.54 Å². The molecule has 0 bridgehead atoms. The summed E-state index contributed by atoms with van der Waals surface area (Å²) in [5, 5.41) is 7.65. The molecule has 0 aromatic carbocycles. The van der Waals surface area contributed by atoms with Gasteiger partial charge in [0.15, 0.2) is 0 Å². The Morgan fingerprint density at radius 3 is 3.23 bits per heavy atom. The van der Waals surface area contributed by atoms with E-state index >= 15 is 0 Å². The molecule has 1 aromatic heterocycles. The summed E-state index contributed by atoms with van der Waals surface area (Å²) >= 11 is 0. The summed E-state index contributed by atoms with van der Waals surface area (Å²) in [4.78, 5) is 4.30. The maximum absolute atomic E-state index is 4.30. The van der Waals surface area contributed by atoms with Gasteiger partial charge in [0.25, 0.3) is 0 Å². The third-order valence-corrected chi connectivity index (χ3v) is 2.57. The van der Waals surface area contributed by atoms with Crippen LogP contribution in [0.2, 0.25) is 0 Å². The van der Waals surface area contributed by atoms with Crippen molar-refractivity contribution in [2.24, 2.45) is 0 Å². The van der Waals surface area contributed by atoms with Gasteiger partial charge in [-0.25, -0.2) is 9.67 Å². The van der Waals surface area contributed by atoms with Crippen molar-refractivity contribution in [3.8, 4) is 0 Å². The maximum Gasteiger partial charge on any atom is 0.143 e. The van der Waals surface area contributed by atoms with Crippen LogP contribution >= 0.6 is 0 Å². The molecule has 2 rings (SSSR count). The molecule has 0 unspecified atom stereocenters. The second-order valence-corrected chi connectivity index (χ2v) is 3.44. The summed E-state index contributed by atoms with van der Waals surface area (Å²) in [5.74, 6) is 1.10. The number of hydrogen-bond donors (Lipinski definition) is 1. The number of piperidine rings is 1. The minimum Gasteiger partial charge on any atom is -0.307 e. The van der Waals surface area contributed by atoms with Gasteiger partial charge in [-0.15, -0.1) is 0 Å². The Kier molecular flexibility index (Phi) is 2.59. The first-order valence-corrected chi connectivity index (χ1v) is 5.03. The molecule has 13 heavy (non-hydrogen) atoms. The van der Waals surface area contributed by atoms with Crippen LogP contribution in [0.1, 0.15) is 38.1 Å². The fourth-order valence-corrected chi connectivity index (χ4v) is 1.86. The van der Waals surface area contributed by atoms with Crippen molar-refractivity contribution >= 4 is 0 Å². The summed E-state index contributed by atoms with van der Waals surface area (Å²) < 4.78 is 1.98. The summed E-state index contributed by atoms with van der Waals surface area (Å²) in [6.07, 6.45) is 5.43. The van der Waals surface area contributed by atoms with Crippen LogP contribution in [-0.4, -0.2) is 21.3 Å². The largest absolute Gasteiger partial charge is 0.307 e. The van der Waals surface area contributed by atoms with Gasteiger partial charge in [0.2, 0.25) is 0 Å². The highest BCUT2D eigenvalue weighted by Gasteiger charge is 2.18. The fourth-order valence-electron chi connectivity index (χ4n) is 1.86. The SMILES string of the molecule is CCn1ncnc1[C@@H]1CCCCN1. The van der Waals surface area contributed by atoms with E-state index in [9.17, 15) is 0 Å². The molecule has 2 heterocycles. The molecular weight excluding hydrogens is 164 g/mol. The van der Waals surface area contributed by atoms with Crippen molar-refractivity contribution in [2.45, 2.75) is 38.8 Å². The smallest absolute Gasteiger partial charge is 0.143 e. The van der Waals surface area contributed by atoms with Crippen LogP contribution in [0, 0.1) is 0 Å². The lowest BCUT2D eigenvalue weighted by atomic mass is 10.0. The normalized spacial score (nSPS) is 23.3. The first-order chi connectivity index (χ1) is 6.42. The van der Waals surface area contributed by atoms with Gasteiger partial charge in [-0.3, -0.25) is 0 Å². The molecule has 4 nitrogen and oxygen atoms in total. The van der Waals surface area contributed by atoms with E-state index in [0.717, 1.165) is 18.9 Å². The monoisotopic (exact) mass is 180 g/mol. The molecule has 1 atom stereocenters. The molecule has 0 aliphatic carbocycles. The predicted molar refractivity (Wildman–Crippen MR) is 50.3 cm³/mol. The molecular formula is C9H16N4. The molecule has 0 saturated carbocycles. The second kappa shape index (κ2) is 3.87. The highest BCUT2D eigenvalue weighted by molar-refractivity contribution is 4.95. The number of aromatic nitrogens is 3. The molecule has 1 aliphatic heterocycles. The van der Waals surface area contributed by atoms with Gasteiger partial charge >= 0.3 is 0 Å². The first kappa shape index (κ1) is 8.69. The molecule has 1 aromatic rings. The number of aryl methyl sites for hydroxylation is 1. The van der Waals surface area contributed by atoms with Crippen molar-refractivity contribution in [3.63, 3.8) is 0 Å². The Labute approximate surface area is 78.4 Å². The van der Waals surface area contributed by atoms with Crippen LogP contribution < -0.4 is 5.32 Å². The average molecular weight is 180 g/mol. The van der Waals surface area contributed by atoms with E-state index in [1.807, 2.05) is 4.68 Å². The molecule has 1 aliphatic rings. The number of nitrogens with zero attached hydrogens (tertiary/aromatic N) is 3. The van der Waals surface area contributed by atoms with Gasteiger partial charge < -0.3 is 5.32 Å². The van der Waals surface area contributed by atoms with Crippen LogP contribution in [0.3, 0.4) is 0 Å². The van der Waals surface area contributed by atoms with Crippen LogP contribution in [-0.2, 0) is 6.54 Å². The lowest BCUT2D eigenvalue weighted by molar-refractivity contribution is 0.381. The predicted octanol–water partition coefficient (Wildman–Crippen LogP) is 1.11. The zero-order valence-corrected chi connectivity index (χ0v) is 8.03. The van der Waals surface area contributed by atoms with Crippen molar-refractivity contribution in [3.05, 3.63) is 12.2 Å². The summed E-state index contributed by atoms with van der Waals surface area (Å²) in [7, 11) is 0. The number of hydrogen-bond acceptors (Lipinski definition) is 3. The van der Waals surface area contributed by atoms with Crippen LogP contribution in [0.5, 0.6) is 0 Å². The average Bonchev–Trinajstić information content (AvgIpc) is 2.67. The minimum absolute atomic E-state index is 0.427. The topological polar surface area (TPSA) is 42.7 Å². The van der Waals surface area contributed by atoms with E-state index < -0.39 is 0 Å². The van der Waals surface area contributed by atoms with Gasteiger partial charge in [-0.1, -0.05) is 6.42 Å². The zero-order chi connectivity index (χ0) is 9.10. The third-order valence-electron chi connectivity index (χ3n) is 2.57. The van der Waals surface area contributed by atoms with Crippen LogP contribution in [0.4, 0.5) is 0 Å². The molecule has 1 N–H and O–H groups in total. The Morgan fingerprint density at radius 2 is 2.54 bits per heavy atom. The van der Waals surface area contributed by atoms with E-state index in [1.54, 1.807) is 6.33 Å². The Balaban J connectivity index is 2.13. The number of nitrogens with one attached hydrogen (secondary N) is 1. The summed E-state index contributed by atoms with van der Waals surface area (Å²) in [6.45, 7) is 4.12. The molecule has 4 heteroatoms. The Morgan fingerprint density at radius 1 is 1.62 bits per heavy atom. The van der Waals surface area contributed by atoms with Crippen LogP contribution in [0.15, 0.2) is 6.33 Å². The second-order valence-electron chi connectivity index (χ2n) is 3.44. The van der Waals surface area contributed by atoms with Crippen molar-refractivity contribution in [1.29, 1.82) is 0 Å². The highest BCUT2D eigenvalue weighted by Crippen LogP contribution is 2.20. The van der Waals surface area contributed by atoms with Gasteiger partial charge in [0.1, 0.15) is 12.2 Å². The minimum atomic E-state index is 0.427. The van der Waals surface area contributed by atoms with E-state index in [2.05, 4.69) is 22.3 Å². The Bertz CT molecular complexity index is 262. The van der Waals surface area contributed by atoms with Crippen molar-refractivity contribution in [2.75, 3.05) is 6.54 Å². The molecule has 72 valence electrons. The zero-order valence-electron chi connectivity index (χ0n) is 8.03. The molecule has 0 amide bonds. The van der Waals surface area contributed by atoms with Crippen molar-refractivity contribution < 1.29 is 0 Å². The fraction of sp³-hybridized carbons (Fsp3) is 0.778. The summed E-state index contributed by atoms with van der Waals surface area (Å²) in [5.41, 5.74) is 0. The lowest BCUT2D eigenvalue weighted by Gasteiger charge is -2.22. The van der Waals surface area contributed by atoms with Gasteiger partial charge in [0.05, 0.1) is 6.04 Å². The standard InChI is InChI=1S/C9H16N4/c1-2-13-9(11-7-12-13)8-5-3-4-6-10-8/h7-8,10H,2-6H2,1H3/t8-/m0/s1. The Hall–Kier alpha value is -0.900. The van der Waals surface area contributed by atoms with E-state index in [4.69, 9.17) is 0 Å². The molecule has 1 saturated heterocycles. The maximum atomic E-state index is 4.30. The quantitative estimate of drug-likeness (QED) is 0.741. The van der Waals surface area contributed by atoms with Crippen LogP contribution in [0.25, 0.3) is 0 Å². The van der Waals surface area contributed by atoms with E-state index in [-0.39, 0.29) is 0 Å². The van der Waals surface area contributed by atoms with E-state index in [1.165, 1.54) is 19.3 Å². The molecule has 1 fully saturated rings. The van der Waals surface area contributed by atoms with Gasteiger partial charge in [-0.2, -0.15) is 5.10 Å². The molecule has 0 radical (unpaired) electrons. The van der Waals surface area contributed by atoms with Gasteiger partial charge in [-0.05, 0) is 26.3 Å².